The molecular formula is C22H24N2O4. The first kappa shape index (κ1) is 19.5. The lowest BCUT2D eigenvalue weighted by Gasteiger charge is -2.16. The predicted octanol–water partition coefficient (Wildman–Crippen LogP) is 4.49. The number of anilines is 1. The van der Waals surface area contributed by atoms with Crippen LogP contribution in [0.4, 0.5) is 5.69 Å². The summed E-state index contributed by atoms with van der Waals surface area (Å²) in [6.07, 6.45) is 0.635. The molecule has 3 rings (SSSR count). The number of carbonyl (C=O) groups excluding carboxylic acids is 2. The van der Waals surface area contributed by atoms with Crippen LogP contribution >= 0.6 is 0 Å². The number of hydrogen-bond donors (Lipinski definition) is 2. The van der Waals surface area contributed by atoms with Gasteiger partial charge in [-0.3, -0.25) is 4.79 Å². The Morgan fingerprint density at radius 1 is 1.11 bits per heavy atom. The van der Waals surface area contributed by atoms with Crippen molar-refractivity contribution in [3.05, 3.63) is 59.8 Å². The smallest absolute Gasteiger partial charge is 0.356 e. The zero-order valence-corrected chi connectivity index (χ0v) is 16.2. The number of nitrogens with one attached hydrogen (secondary N) is 2. The van der Waals surface area contributed by atoms with Gasteiger partial charge in [0.2, 0.25) is 5.91 Å². The fraction of sp³-hybridized carbons (Fsp3) is 0.273. The lowest BCUT2D eigenvalue weighted by atomic mass is 9.95. The molecule has 0 aliphatic heterocycles. The number of hydrogen-bond acceptors (Lipinski definition) is 4. The van der Waals surface area contributed by atoms with E-state index in [2.05, 4.69) is 10.3 Å². The molecule has 6 heteroatoms. The second kappa shape index (κ2) is 8.61. The largest absolute Gasteiger partial charge is 0.497 e. The molecule has 1 heterocycles. The minimum atomic E-state index is -0.513. The van der Waals surface area contributed by atoms with Gasteiger partial charge in [-0.1, -0.05) is 37.3 Å². The molecule has 146 valence electrons. The van der Waals surface area contributed by atoms with E-state index in [4.69, 9.17) is 9.47 Å². The highest BCUT2D eigenvalue weighted by atomic mass is 16.5. The highest BCUT2D eigenvalue weighted by molar-refractivity contribution is 6.12. The van der Waals surface area contributed by atoms with E-state index in [0.717, 1.165) is 5.56 Å². The van der Waals surface area contributed by atoms with E-state index in [0.29, 0.717) is 28.8 Å². The van der Waals surface area contributed by atoms with Crippen LogP contribution in [0.5, 0.6) is 5.75 Å². The second-order valence-corrected chi connectivity index (χ2v) is 6.37. The van der Waals surface area contributed by atoms with E-state index in [-0.39, 0.29) is 24.1 Å². The van der Waals surface area contributed by atoms with Gasteiger partial charge in [-0.25, -0.2) is 4.79 Å². The molecule has 0 saturated heterocycles. The van der Waals surface area contributed by atoms with Crippen LogP contribution in [-0.4, -0.2) is 30.6 Å². The molecule has 1 amide bonds. The third kappa shape index (κ3) is 3.86. The summed E-state index contributed by atoms with van der Waals surface area (Å²) >= 11 is 0. The second-order valence-electron chi connectivity index (χ2n) is 6.37. The van der Waals surface area contributed by atoms with Gasteiger partial charge in [-0.15, -0.1) is 0 Å². The molecular weight excluding hydrogens is 356 g/mol. The third-order valence-electron chi connectivity index (χ3n) is 4.66. The lowest BCUT2D eigenvalue weighted by Crippen LogP contribution is -2.22. The molecule has 0 fully saturated rings. The number of amides is 1. The number of methoxy groups -OCH3 is 1. The fourth-order valence-electron chi connectivity index (χ4n) is 3.25. The summed E-state index contributed by atoms with van der Waals surface area (Å²) in [4.78, 5) is 28.6. The molecule has 0 radical (unpaired) electrons. The maximum Gasteiger partial charge on any atom is 0.356 e. The number of aromatic amines is 1. The Hall–Kier alpha value is -3.28. The molecule has 3 aromatic rings. The number of esters is 1. The van der Waals surface area contributed by atoms with Crippen LogP contribution in [-0.2, 0) is 9.53 Å². The SMILES string of the molecule is CCOC(=O)c1[nH]c2ccc(OC)cc2c1NC(=O)[C@H](CC)c1ccccc1. The van der Waals surface area contributed by atoms with Gasteiger partial charge in [0.15, 0.2) is 0 Å². The normalized spacial score (nSPS) is 11.8. The molecule has 0 bridgehead atoms. The van der Waals surface area contributed by atoms with Gasteiger partial charge in [0.1, 0.15) is 11.4 Å². The summed E-state index contributed by atoms with van der Waals surface area (Å²) in [6, 6.07) is 15.0. The maximum atomic E-state index is 13.1. The van der Waals surface area contributed by atoms with Crippen LogP contribution in [0.25, 0.3) is 10.9 Å². The molecule has 0 spiro atoms. The van der Waals surface area contributed by atoms with Crippen LogP contribution in [0.1, 0.15) is 42.2 Å². The van der Waals surface area contributed by atoms with E-state index < -0.39 is 5.97 Å². The van der Waals surface area contributed by atoms with Crippen molar-refractivity contribution in [3.8, 4) is 5.75 Å². The van der Waals surface area contributed by atoms with Crippen molar-refractivity contribution in [1.29, 1.82) is 0 Å². The molecule has 0 aliphatic rings. The Balaban J connectivity index is 2.03. The first-order valence-electron chi connectivity index (χ1n) is 9.31. The maximum absolute atomic E-state index is 13.1. The zero-order chi connectivity index (χ0) is 20.1. The van der Waals surface area contributed by atoms with Crippen molar-refractivity contribution >= 4 is 28.5 Å². The Morgan fingerprint density at radius 2 is 1.86 bits per heavy atom. The third-order valence-corrected chi connectivity index (χ3v) is 4.66. The van der Waals surface area contributed by atoms with Gasteiger partial charge in [0.25, 0.3) is 0 Å². The fourth-order valence-corrected chi connectivity index (χ4v) is 3.25. The zero-order valence-electron chi connectivity index (χ0n) is 16.2. The highest BCUT2D eigenvalue weighted by Gasteiger charge is 2.25. The van der Waals surface area contributed by atoms with Gasteiger partial charge in [-0.2, -0.15) is 0 Å². The molecule has 0 aliphatic carbocycles. The summed E-state index contributed by atoms with van der Waals surface area (Å²) in [5, 5.41) is 3.64. The van der Waals surface area contributed by atoms with Crippen molar-refractivity contribution in [3.63, 3.8) is 0 Å². The number of carbonyl (C=O) groups is 2. The van der Waals surface area contributed by atoms with Crippen LogP contribution in [0, 0.1) is 0 Å². The molecule has 1 aromatic heterocycles. The van der Waals surface area contributed by atoms with E-state index in [1.807, 2.05) is 37.3 Å². The van der Waals surface area contributed by atoms with Crippen molar-refractivity contribution in [2.24, 2.45) is 0 Å². The van der Waals surface area contributed by atoms with Crippen LogP contribution < -0.4 is 10.1 Å². The summed E-state index contributed by atoms with van der Waals surface area (Å²) in [7, 11) is 1.57. The van der Waals surface area contributed by atoms with Crippen molar-refractivity contribution in [2.75, 3.05) is 19.0 Å². The van der Waals surface area contributed by atoms with Crippen molar-refractivity contribution in [2.45, 2.75) is 26.2 Å². The molecule has 2 aromatic carbocycles. The van der Waals surface area contributed by atoms with Gasteiger partial charge in [0, 0.05) is 10.9 Å². The minimum absolute atomic E-state index is 0.178. The number of fused-ring (bicyclic) bond motifs is 1. The summed E-state index contributed by atoms with van der Waals surface area (Å²) < 4.78 is 10.4. The number of H-pyrrole nitrogens is 1. The van der Waals surface area contributed by atoms with Crippen LogP contribution in [0.15, 0.2) is 48.5 Å². The Kier molecular flexibility index (Phi) is 5.99. The van der Waals surface area contributed by atoms with E-state index in [9.17, 15) is 9.59 Å². The van der Waals surface area contributed by atoms with E-state index in [1.54, 1.807) is 32.2 Å². The summed E-state index contributed by atoms with van der Waals surface area (Å²) in [6.45, 7) is 3.94. The molecule has 28 heavy (non-hydrogen) atoms. The van der Waals surface area contributed by atoms with Gasteiger partial charge >= 0.3 is 5.97 Å². The number of benzene rings is 2. The summed E-state index contributed by atoms with van der Waals surface area (Å²) in [5.74, 6) is -0.386. The Morgan fingerprint density at radius 3 is 2.50 bits per heavy atom. The van der Waals surface area contributed by atoms with E-state index in [1.165, 1.54) is 0 Å². The highest BCUT2D eigenvalue weighted by Crippen LogP contribution is 2.33. The molecule has 2 N–H and O–H groups in total. The predicted molar refractivity (Wildman–Crippen MR) is 109 cm³/mol. The van der Waals surface area contributed by atoms with Gasteiger partial charge in [-0.05, 0) is 37.1 Å². The lowest BCUT2D eigenvalue weighted by molar-refractivity contribution is -0.117. The standard InChI is InChI=1S/C22H24N2O4/c1-4-16(14-9-7-6-8-10-14)21(25)24-19-17-13-15(27-3)11-12-18(17)23-20(19)22(26)28-5-2/h6-13,16,23H,4-5H2,1-3H3,(H,24,25)/t16-/m1/s1. The van der Waals surface area contributed by atoms with Crippen molar-refractivity contribution < 1.29 is 19.1 Å². The molecule has 0 saturated carbocycles. The van der Waals surface area contributed by atoms with Crippen molar-refractivity contribution in [1.82, 2.24) is 4.98 Å². The first-order valence-corrected chi connectivity index (χ1v) is 9.31. The topological polar surface area (TPSA) is 80.4 Å². The Bertz CT molecular complexity index is 979. The number of ether oxygens (including phenoxy) is 2. The average Bonchev–Trinajstić information content (AvgIpc) is 3.07. The number of rotatable bonds is 7. The summed E-state index contributed by atoms with van der Waals surface area (Å²) in [5.41, 5.74) is 2.28. The number of aromatic nitrogens is 1. The average molecular weight is 380 g/mol. The quantitative estimate of drug-likeness (QED) is 0.592. The Labute approximate surface area is 163 Å². The van der Waals surface area contributed by atoms with Crippen LogP contribution in [0.2, 0.25) is 0 Å². The van der Waals surface area contributed by atoms with Crippen LogP contribution in [0.3, 0.4) is 0 Å². The molecule has 1 atom stereocenters. The monoisotopic (exact) mass is 380 g/mol. The van der Waals surface area contributed by atoms with Gasteiger partial charge in [0.05, 0.1) is 25.3 Å². The van der Waals surface area contributed by atoms with E-state index >= 15 is 0 Å². The molecule has 0 unspecified atom stereocenters. The minimum Gasteiger partial charge on any atom is -0.497 e. The molecule has 6 nitrogen and oxygen atoms in total. The van der Waals surface area contributed by atoms with Gasteiger partial charge < -0.3 is 19.8 Å². The first-order chi connectivity index (χ1) is 13.6.